The van der Waals surface area contributed by atoms with Gasteiger partial charge in [-0.3, -0.25) is 4.79 Å². The summed E-state index contributed by atoms with van der Waals surface area (Å²) >= 11 is 0. The van der Waals surface area contributed by atoms with Gasteiger partial charge in [0.2, 0.25) is 11.6 Å². The second kappa shape index (κ2) is 10.0. The van der Waals surface area contributed by atoms with Gasteiger partial charge in [-0.05, 0) is 39.0 Å². The Labute approximate surface area is 171 Å². The maximum Gasteiger partial charge on any atom is 0.254 e. The molecule has 0 saturated carbocycles. The number of aromatic nitrogens is 1. The number of ether oxygens (including phenoxy) is 4. The molecule has 156 valence electrons. The van der Waals surface area contributed by atoms with Gasteiger partial charge in [0.1, 0.15) is 6.10 Å². The van der Waals surface area contributed by atoms with Gasteiger partial charge in [-0.25, -0.2) is 4.98 Å². The van der Waals surface area contributed by atoms with E-state index in [1.807, 2.05) is 39.0 Å². The molecule has 1 fully saturated rings. The lowest BCUT2D eigenvalue weighted by atomic mass is 10.1. The van der Waals surface area contributed by atoms with Crippen molar-refractivity contribution in [3.05, 3.63) is 42.1 Å². The van der Waals surface area contributed by atoms with Crippen LogP contribution in [0.4, 0.5) is 0 Å². The van der Waals surface area contributed by atoms with Crippen LogP contribution in [-0.2, 0) is 0 Å². The van der Waals surface area contributed by atoms with Crippen molar-refractivity contribution in [3.63, 3.8) is 0 Å². The first kappa shape index (κ1) is 20.8. The summed E-state index contributed by atoms with van der Waals surface area (Å²) in [5.41, 5.74) is 0.513. The van der Waals surface area contributed by atoms with Crippen LogP contribution in [-0.4, -0.2) is 54.8 Å². The zero-order chi connectivity index (χ0) is 20.6. The molecule has 1 aliphatic rings. The van der Waals surface area contributed by atoms with E-state index >= 15 is 0 Å². The van der Waals surface area contributed by atoms with Gasteiger partial charge in [0.25, 0.3) is 5.91 Å². The fourth-order valence-corrected chi connectivity index (χ4v) is 3.29. The Morgan fingerprint density at radius 3 is 2.34 bits per heavy atom. The summed E-state index contributed by atoms with van der Waals surface area (Å²) in [5, 5.41) is 0. The summed E-state index contributed by atoms with van der Waals surface area (Å²) < 4.78 is 23.1. The van der Waals surface area contributed by atoms with E-state index in [1.54, 1.807) is 23.2 Å². The molecule has 2 heterocycles. The van der Waals surface area contributed by atoms with Gasteiger partial charge < -0.3 is 23.8 Å². The van der Waals surface area contributed by atoms with Gasteiger partial charge in [-0.1, -0.05) is 6.07 Å². The number of likely N-dealkylation sites (tertiary alicyclic amines) is 1. The summed E-state index contributed by atoms with van der Waals surface area (Å²) in [5.74, 6) is 2.06. The van der Waals surface area contributed by atoms with Crippen LogP contribution in [0.25, 0.3) is 0 Å². The van der Waals surface area contributed by atoms with Crippen molar-refractivity contribution in [2.45, 2.75) is 33.3 Å². The third-order valence-corrected chi connectivity index (χ3v) is 4.51. The van der Waals surface area contributed by atoms with Crippen LogP contribution in [0.1, 0.15) is 37.6 Å². The number of nitrogens with zero attached hydrogens (tertiary/aromatic N) is 2. The maximum absolute atomic E-state index is 13.1. The molecule has 7 heteroatoms. The van der Waals surface area contributed by atoms with Crippen LogP contribution < -0.4 is 18.9 Å². The van der Waals surface area contributed by atoms with Gasteiger partial charge in [0.05, 0.1) is 26.4 Å². The molecule has 1 aromatic carbocycles. The number of carbonyl (C=O) groups is 1. The molecular weight excluding hydrogens is 372 g/mol. The second-order valence-electron chi connectivity index (χ2n) is 6.55. The predicted octanol–water partition coefficient (Wildman–Crippen LogP) is 3.57. The molecule has 1 saturated heterocycles. The summed E-state index contributed by atoms with van der Waals surface area (Å²) in [6.45, 7) is 8.23. The first-order valence-corrected chi connectivity index (χ1v) is 10.1. The Kier molecular flexibility index (Phi) is 7.16. The standard InChI is InChI=1S/C22H28N2O5/c1-4-26-18-13-16(14-19(27-5-2)21(18)28-6-3)22(25)24-12-10-17(15-24)29-20-9-7-8-11-23-20/h7-9,11,13-14,17H,4-6,10,12,15H2,1-3H3. The fraction of sp³-hybridized carbons (Fsp3) is 0.455. The Balaban J connectivity index is 1.77. The first-order valence-electron chi connectivity index (χ1n) is 10.1. The zero-order valence-corrected chi connectivity index (χ0v) is 17.2. The van der Waals surface area contributed by atoms with Gasteiger partial charge >= 0.3 is 0 Å². The zero-order valence-electron chi connectivity index (χ0n) is 17.2. The molecule has 1 amide bonds. The average molecular weight is 400 g/mol. The highest BCUT2D eigenvalue weighted by Gasteiger charge is 2.30. The number of rotatable bonds is 9. The van der Waals surface area contributed by atoms with E-state index in [4.69, 9.17) is 18.9 Å². The minimum atomic E-state index is -0.0814. The number of carbonyl (C=O) groups excluding carboxylic acids is 1. The van der Waals surface area contributed by atoms with Gasteiger partial charge in [-0.15, -0.1) is 0 Å². The summed E-state index contributed by atoms with van der Waals surface area (Å²) in [7, 11) is 0. The molecule has 0 radical (unpaired) electrons. The highest BCUT2D eigenvalue weighted by Crippen LogP contribution is 2.39. The molecule has 3 rings (SSSR count). The third-order valence-electron chi connectivity index (χ3n) is 4.51. The van der Waals surface area contributed by atoms with Crippen molar-refractivity contribution in [2.75, 3.05) is 32.9 Å². The van der Waals surface area contributed by atoms with Crippen LogP contribution in [0.3, 0.4) is 0 Å². The lowest BCUT2D eigenvalue weighted by Crippen LogP contribution is -2.31. The van der Waals surface area contributed by atoms with E-state index < -0.39 is 0 Å². The highest BCUT2D eigenvalue weighted by molar-refractivity contribution is 5.96. The quantitative estimate of drug-likeness (QED) is 0.641. The normalized spacial score (nSPS) is 15.8. The maximum atomic E-state index is 13.1. The monoisotopic (exact) mass is 400 g/mol. The summed E-state index contributed by atoms with van der Waals surface area (Å²) in [6, 6.07) is 9.00. The fourth-order valence-electron chi connectivity index (χ4n) is 3.29. The molecule has 0 aliphatic carbocycles. The minimum absolute atomic E-state index is 0.0747. The lowest BCUT2D eigenvalue weighted by molar-refractivity contribution is 0.0770. The minimum Gasteiger partial charge on any atom is -0.490 e. The molecule has 0 N–H and O–H groups in total. The largest absolute Gasteiger partial charge is 0.490 e. The van der Waals surface area contributed by atoms with Gasteiger partial charge in [-0.2, -0.15) is 0 Å². The van der Waals surface area contributed by atoms with E-state index in [0.717, 1.165) is 6.42 Å². The molecule has 7 nitrogen and oxygen atoms in total. The number of hydrogen-bond donors (Lipinski definition) is 0. The Morgan fingerprint density at radius 2 is 1.76 bits per heavy atom. The van der Waals surface area contributed by atoms with Crippen molar-refractivity contribution in [1.82, 2.24) is 9.88 Å². The van der Waals surface area contributed by atoms with Crippen molar-refractivity contribution in [3.8, 4) is 23.1 Å². The van der Waals surface area contributed by atoms with E-state index in [-0.39, 0.29) is 12.0 Å². The second-order valence-corrected chi connectivity index (χ2v) is 6.55. The van der Waals surface area contributed by atoms with E-state index in [9.17, 15) is 4.79 Å². The van der Waals surface area contributed by atoms with Crippen LogP contribution in [0, 0.1) is 0 Å². The predicted molar refractivity (Wildman–Crippen MR) is 109 cm³/mol. The van der Waals surface area contributed by atoms with Crippen LogP contribution in [0.2, 0.25) is 0 Å². The highest BCUT2D eigenvalue weighted by atomic mass is 16.5. The lowest BCUT2D eigenvalue weighted by Gasteiger charge is -2.20. The van der Waals surface area contributed by atoms with Crippen LogP contribution in [0.15, 0.2) is 36.5 Å². The molecule has 1 aliphatic heterocycles. The smallest absolute Gasteiger partial charge is 0.254 e. The summed E-state index contributed by atoms with van der Waals surface area (Å²) in [6.07, 6.45) is 2.38. The summed E-state index contributed by atoms with van der Waals surface area (Å²) in [4.78, 5) is 19.1. The van der Waals surface area contributed by atoms with Crippen LogP contribution in [0.5, 0.6) is 23.1 Å². The Morgan fingerprint density at radius 1 is 1.07 bits per heavy atom. The topological polar surface area (TPSA) is 70.1 Å². The molecule has 2 aromatic rings. The van der Waals surface area contributed by atoms with Crippen LogP contribution >= 0.6 is 0 Å². The van der Waals surface area contributed by atoms with Crippen molar-refractivity contribution in [1.29, 1.82) is 0 Å². The molecule has 0 spiro atoms. The molecular formula is C22H28N2O5. The van der Waals surface area contributed by atoms with Crippen molar-refractivity contribution in [2.24, 2.45) is 0 Å². The number of amides is 1. The number of pyridine rings is 1. The molecule has 1 unspecified atom stereocenters. The Bertz CT molecular complexity index is 785. The van der Waals surface area contributed by atoms with Crippen molar-refractivity contribution >= 4 is 5.91 Å². The Hall–Kier alpha value is -2.96. The van der Waals surface area contributed by atoms with E-state index in [1.165, 1.54) is 0 Å². The number of hydrogen-bond acceptors (Lipinski definition) is 6. The molecule has 1 aromatic heterocycles. The van der Waals surface area contributed by atoms with Gasteiger partial charge in [0.15, 0.2) is 11.5 Å². The molecule has 29 heavy (non-hydrogen) atoms. The molecule has 1 atom stereocenters. The number of benzene rings is 1. The average Bonchev–Trinajstić information content (AvgIpc) is 3.19. The first-order chi connectivity index (χ1) is 14.2. The van der Waals surface area contributed by atoms with E-state index in [2.05, 4.69) is 4.98 Å². The van der Waals surface area contributed by atoms with E-state index in [0.29, 0.717) is 61.6 Å². The van der Waals surface area contributed by atoms with Gasteiger partial charge in [0, 0.05) is 30.8 Å². The van der Waals surface area contributed by atoms with Crippen molar-refractivity contribution < 1.29 is 23.7 Å². The molecule has 0 bridgehead atoms. The third kappa shape index (κ3) is 5.10. The SMILES string of the molecule is CCOc1cc(C(=O)N2CCC(Oc3ccccn3)C2)cc(OCC)c1OCC.